The topological polar surface area (TPSA) is 92.9 Å². The number of carbonyl (C=O) groups excluding carboxylic acids is 1. The van der Waals surface area contributed by atoms with Gasteiger partial charge >= 0.3 is 5.97 Å². The van der Waals surface area contributed by atoms with Crippen molar-refractivity contribution in [2.75, 3.05) is 19.8 Å². The number of carbonyl (C=O) groups is 2. The Morgan fingerprint density at radius 2 is 2.08 bits per heavy atom. The van der Waals surface area contributed by atoms with E-state index >= 15 is 0 Å². The molecule has 0 aliphatic carbocycles. The molecule has 0 unspecified atom stereocenters. The highest BCUT2D eigenvalue weighted by Gasteiger charge is 2.32. The van der Waals surface area contributed by atoms with Gasteiger partial charge in [-0.2, -0.15) is 0 Å². The van der Waals surface area contributed by atoms with Gasteiger partial charge < -0.3 is 19.2 Å². The van der Waals surface area contributed by atoms with Gasteiger partial charge in [0.25, 0.3) is 0 Å². The molecule has 1 aromatic heterocycles. The van der Waals surface area contributed by atoms with E-state index in [9.17, 15) is 9.59 Å². The van der Waals surface area contributed by atoms with E-state index in [1.807, 2.05) is 30.3 Å². The molecule has 126 valence electrons. The van der Waals surface area contributed by atoms with Gasteiger partial charge in [0.2, 0.25) is 5.91 Å². The van der Waals surface area contributed by atoms with Crippen molar-refractivity contribution < 1.29 is 23.8 Å². The van der Waals surface area contributed by atoms with Crippen LogP contribution < -0.4 is 0 Å². The maximum absolute atomic E-state index is 12.3. The van der Waals surface area contributed by atoms with Crippen LogP contribution in [0.1, 0.15) is 12.3 Å². The summed E-state index contributed by atoms with van der Waals surface area (Å²) in [6, 6.07) is 8.65. The molecule has 0 radical (unpaired) electrons. The minimum Gasteiger partial charge on any atom is -0.480 e. The van der Waals surface area contributed by atoms with Crippen LogP contribution >= 0.6 is 0 Å². The second kappa shape index (κ2) is 7.27. The Bertz CT molecular complexity index is 713. The van der Waals surface area contributed by atoms with E-state index in [0.717, 1.165) is 5.56 Å². The number of aromatic nitrogens is 1. The van der Waals surface area contributed by atoms with E-state index in [1.54, 1.807) is 6.20 Å². The van der Waals surface area contributed by atoms with Crippen LogP contribution in [0, 0.1) is 0 Å². The van der Waals surface area contributed by atoms with Crippen LogP contribution in [-0.2, 0) is 20.7 Å². The Kier molecular flexibility index (Phi) is 4.90. The van der Waals surface area contributed by atoms with Crippen molar-refractivity contribution >= 4 is 11.9 Å². The Labute approximate surface area is 138 Å². The Morgan fingerprint density at radius 1 is 1.29 bits per heavy atom. The number of rotatable bonds is 5. The zero-order valence-corrected chi connectivity index (χ0v) is 13.1. The second-order valence-corrected chi connectivity index (χ2v) is 5.50. The van der Waals surface area contributed by atoms with Crippen molar-refractivity contribution in [1.82, 2.24) is 9.88 Å². The van der Waals surface area contributed by atoms with Crippen LogP contribution in [0.15, 0.2) is 40.9 Å². The summed E-state index contributed by atoms with van der Waals surface area (Å²) in [5, 5.41) is 9.17. The molecule has 1 aromatic carbocycles. The lowest BCUT2D eigenvalue weighted by molar-refractivity contribution is -0.158. The molecule has 3 rings (SSSR count). The van der Waals surface area contributed by atoms with Gasteiger partial charge in [-0.05, 0) is 0 Å². The molecule has 1 saturated heterocycles. The van der Waals surface area contributed by atoms with Gasteiger partial charge in [0.15, 0.2) is 17.7 Å². The molecule has 0 bridgehead atoms. The third-order valence-electron chi connectivity index (χ3n) is 3.90. The van der Waals surface area contributed by atoms with Crippen molar-refractivity contribution in [3.63, 3.8) is 0 Å². The van der Waals surface area contributed by atoms with E-state index in [0.29, 0.717) is 24.7 Å². The maximum Gasteiger partial charge on any atom is 0.328 e. The second-order valence-electron chi connectivity index (χ2n) is 5.50. The number of amides is 1. The molecule has 1 aliphatic heterocycles. The summed E-state index contributed by atoms with van der Waals surface area (Å²) in [7, 11) is 0. The van der Waals surface area contributed by atoms with Gasteiger partial charge in [-0.25, -0.2) is 9.78 Å². The summed E-state index contributed by atoms with van der Waals surface area (Å²) in [5.74, 6) is -0.175. The molecule has 24 heavy (non-hydrogen) atoms. The number of aryl methyl sites for hydroxylation is 1. The molecule has 7 heteroatoms. The average Bonchev–Trinajstić information content (AvgIpc) is 3.09. The molecule has 7 nitrogen and oxygen atoms in total. The number of hydrogen-bond donors (Lipinski definition) is 1. The van der Waals surface area contributed by atoms with Crippen molar-refractivity contribution in [2.24, 2.45) is 0 Å². The number of carboxylic acid groups (broad SMARTS) is 1. The first-order chi connectivity index (χ1) is 11.6. The largest absolute Gasteiger partial charge is 0.480 e. The number of carboxylic acids is 1. The minimum atomic E-state index is -1.05. The minimum absolute atomic E-state index is 0.0260. The number of oxazole rings is 1. The smallest absolute Gasteiger partial charge is 0.328 e. The molecule has 1 atom stereocenters. The van der Waals surface area contributed by atoms with Crippen LogP contribution in [0.2, 0.25) is 0 Å². The number of ether oxygens (including phenoxy) is 1. The Morgan fingerprint density at radius 3 is 2.83 bits per heavy atom. The van der Waals surface area contributed by atoms with Crippen molar-refractivity contribution in [3.05, 3.63) is 42.4 Å². The van der Waals surface area contributed by atoms with E-state index in [1.165, 1.54) is 4.90 Å². The standard InChI is InChI=1S/C17H18N2O5/c20-16(19-8-9-23-11-13(19)17(21)22)7-6-15-18-10-14(24-15)12-4-2-1-3-5-12/h1-5,10,13H,6-9,11H2,(H,21,22)/t13-/m0/s1. The predicted octanol–water partition coefficient (Wildman–Crippen LogP) is 1.59. The van der Waals surface area contributed by atoms with E-state index in [-0.39, 0.29) is 25.5 Å². The van der Waals surface area contributed by atoms with Gasteiger partial charge in [0.05, 0.1) is 19.4 Å². The third kappa shape index (κ3) is 3.62. The molecule has 1 N–H and O–H groups in total. The molecule has 0 spiro atoms. The summed E-state index contributed by atoms with van der Waals surface area (Å²) in [6.45, 7) is 0.668. The number of hydrogen-bond acceptors (Lipinski definition) is 5. The third-order valence-corrected chi connectivity index (χ3v) is 3.90. The first kappa shape index (κ1) is 16.2. The highest BCUT2D eigenvalue weighted by atomic mass is 16.5. The Hall–Kier alpha value is -2.67. The van der Waals surface area contributed by atoms with Crippen molar-refractivity contribution in [1.29, 1.82) is 0 Å². The van der Waals surface area contributed by atoms with Crippen molar-refractivity contribution in [3.8, 4) is 11.3 Å². The van der Waals surface area contributed by atoms with Crippen LogP contribution in [0.5, 0.6) is 0 Å². The lowest BCUT2D eigenvalue weighted by Crippen LogP contribution is -2.52. The fourth-order valence-corrected chi connectivity index (χ4v) is 2.63. The van der Waals surface area contributed by atoms with Gasteiger partial charge in [-0.3, -0.25) is 4.79 Å². The summed E-state index contributed by atoms with van der Waals surface area (Å²) < 4.78 is 10.8. The molecule has 1 aliphatic rings. The summed E-state index contributed by atoms with van der Waals surface area (Å²) >= 11 is 0. The molecule has 1 amide bonds. The molecule has 2 aromatic rings. The molecular weight excluding hydrogens is 312 g/mol. The monoisotopic (exact) mass is 330 g/mol. The molecule has 2 heterocycles. The number of aliphatic carboxylic acids is 1. The summed E-state index contributed by atoms with van der Waals surface area (Å²) in [6.07, 6.45) is 2.11. The van der Waals surface area contributed by atoms with Gasteiger partial charge in [-0.15, -0.1) is 0 Å². The van der Waals surface area contributed by atoms with Crippen LogP contribution in [0.4, 0.5) is 0 Å². The quantitative estimate of drug-likeness (QED) is 0.895. The maximum atomic E-state index is 12.3. The van der Waals surface area contributed by atoms with Crippen LogP contribution in [-0.4, -0.2) is 52.7 Å². The average molecular weight is 330 g/mol. The fourth-order valence-electron chi connectivity index (χ4n) is 2.63. The van der Waals surface area contributed by atoms with E-state index in [2.05, 4.69) is 4.98 Å². The first-order valence-electron chi connectivity index (χ1n) is 7.75. The summed E-state index contributed by atoms with van der Waals surface area (Å²) in [4.78, 5) is 29.0. The van der Waals surface area contributed by atoms with Gasteiger partial charge in [0.1, 0.15) is 0 Å². The molecule has 1 fully saturated rings. The lowest BCUT2D eigenvalue weighted by Gasteiger charge is -2.32. The van der Waals surface area contributed by atoms with Crippen molar-refractivity contribution in [2.45, 2.75) is 18.9 Å². The zero-order chi connectivity index (χ0) is 16.9. The number of benzene rings is 1. The SMILES string of the molecule is O=C(O)[C@@H]1COCCN1C(=O)CCc1ncc(-c2ccccc2)o1. The predicted molar refractivity (Wildman–Crippen MR) is 84.2 cm³/mol. The molecule has 0 saturated carbocycles. The highest BCUT2D eigenvalue weighted by Crippen LogP contribution is 2.20. The van der Waals surface area contributed by atoms with Crippen LogP contribution in [0.3, 0.4) is 0 Å². The van der Waals surface area contributed by atoms with Crippen LogP contribution in [0.25, 0.3) is 11.3 Å². The first-order valence-corrected chi connectivity index (χ1v) is 7.75. The number of morpholine rings is 1. The van der Waals surface area contributed by atoms with E-state index < -0.39 is 12.0 Å². The molecular formula is C17H18N2O5. The normalized spacial score (nSPS) is 17.7. The van der Waals surface area contributed by atoms with Gasteiger partial charge in [0, 0.05) is 24.9 Å². The highest BCUT2D eigenvalue weighted by molar-refractivity contribution is 5.84. The fraction of sp³-hybridized carbons (Fsp3) is 0.353. The Balaban J connectivity index is 1.60. The number of nitrogens with zero attached hydrogens (tertiary/aromatic N) is 2. The van der Waals surface area contributed by atoms with Gasteiger partial charge in [-0.1, -0.05) is 30.3 Å². The lowest BCUT2D eigenvalue weighted by atomic mass is 10.2. The summed E-state index contributed by atoms with van der Waals surface area (Å²) in [5.41, 5.74) is 0.918. The zero-order valence-electron chi connectivity index (χ0n) is 13.1. The van der Waals surface area contributed by atoms with E-state index in [4.69, 9.17) is 14.3 Å².